The number of carbonyl (C=O) groups excluding carboxylic acids is 1. The monoisotopic (exact) mass is 279 g/mol. The van der Waals surface area contributed by atoms with E-state index in [-0.39, 0.29) is 11.7 Å². The summed E-state index contributed by atoms with van der Waals surface area (Å²) in [6.07, 6.45) is -4.38. The molecule has 1 aromatic rings. The van der Waals surface area contributed by atoms with Crippen molar-refractivity contribution >= 4 is 17.7 Å². The van der Waals surface area contributed by atoms with E-state index >= 15 is 0 Å². The van der Waals surface area contributed by atoms with Gasteiger partial charge >= 0.3 is 6.36 Å². The first-order valence-electron chi connectivity index (χ1n) is 5.07. The maximum absolute atomic E-state index is 11.9. The molecule has 0 aliphatic rings. The predicted octanol–water partition coefficient (Wildman–Crippen LogP) is 2.69. The van der Waals surface area contributed by atoms with Gasteiger partial charge in [0.25, 0.3) is 0 Å². The third-order valence-corrected chi connectivity index (χ3v) is 2.95. The fourth-order valence-corrected chi connectivity index (χ4v) is 2.07. The molecule has 0 heterocycles. The van der Waals surface area contributed by atoms with E-state index in [0.29, 0.717) is 17.9 Å². The quantitative estimate of drug-likeness (QED) is 0.814. The highest BCUT2D eigenvalue weighted by atomic mass is 32.2. The number of carbonyl (C=O) groups is 1. The van der Waals surface area contributed by atoms with Crippen LogP contribution in [0.2, 0.25) is 0 Å². The molecule has 0 atom stereocenters. The first kappa shape index (κ1) is 14.7. The van der Waals surface area contributed by atoms with Crippen LogP contribution in [0.5, 0.6) is 5.75 Å². The van der Waals surface area contributed by atoms with Crippen LogP contribution in [-0.2, 0) is 10.5 Å². The van der Waals surface area contributed by atoms with Gasteiger partial charge in [-0.05, 0) is 17.7 Å². The van der Waals surface area contributed by atoms with Crippen molar-refractivity contribution in [2.24, 2.45) is 5.73 Å². The largest absolute Gasteiger partial charge is 0.573 e. The molecule has 0 fully saturated rings. The van der Waals surface area contributed by atoms with E-state index < -0.39 is 6.36 Å². The Bertz CT molecular complexity index is 392. The van der Waals surface area contributed by atoms with Crippen LogP contribution in [0.1, 0.15) is 12.0 Å². The number of benzene rings is 1. The summed E-state index contributed by atoms with van der Waals surface area (Å²) in [6, 6.07) is 5.63. The summed E-state index contributed by atoms with van der Waals surface area (Å²) in [5, 5.41) is 0. The van der Waals surface area contributed by atoms with E-state index in [4.69, 9.17) is 5.73 Å². The minimum Gasteiger partial charge on any atom is -0.406 e. The summed E-state index contributed by atoms with van der Waals surface area (Å²) in [4.78, 5) is 10.5. The Morgan fingerprint density at radius 1 is 1.28 bits per heavy atom. The molecule has 0 bridgehead atoms. The molecule has 0 unspecified atom stereocenters. The molecule has 0 radical (unpaired) electrons. The number of halogens is 3. The second-order valence-corrected chi connectivity index (χ2v) is 4.57. The van der Waals surface area contributed by atoms with E-state index in [0.717, 1.165) is 5.56 Å². The van der Waals surface area contributed by atoms with Crippen molar-refractivity contribution in [1.29, 1.82) is 0 Å². The van der Waals surface area contributed by atoms with Crippen LogP contribution in [-0.4, -0.2) is 18.0 Å². The van der Waals surface area contributed by atoms with E-state index in [2.05, 4.69) is 4.74 Å². The van der Waals surface area contributed by atoms with Gasteiger partial charge in [-0.1, -0.05) is 12.1 Å². The summed E-state index contributed by atoms with van der Waals surface area (Å²) in [6.45, 7) is 0. The number of nitrogens with two attached hydrogens (primary N) is 1. The van der Waals surface area contributed by atoms with Crippen molar-refractivity contribution in [3.63, 3.8) is 0 Å². The van der Waals surface area contributed by atoms with Crippen LogP contribution in [0.15, 0.2) is 24.3 Å². The second kappa shape index (κ2) is 6.53. The smallest absolute Gasteiger partial charge is 0.406 e. The maximum atomic E-state index is 11.9. The van der Waals surface area contributed by atoms with Crippen molar-refractivity contribution in [1.82, 2.24) is 0 Å². The van der Waals surface area contributed by atoms with Gasteiger partial charge in [0.2, 0.25) is 5.91 Å². The number of hydrogen-bond acceptors (Lipinski definition) is 3. The average Bonchev–Trinajstić information content (AvgIpc) is 2.24. The van der Waals surface area contributed by atoms with Crippen LogP contribution in [0.25, 0.3) is 0 Å². The van der Waals surface area contributed by atoms with Crippen molar-refractivity contribution in [2.45, 2.75) is 18.5 Å². The molecule has 0 aliphatic carbocycles. The molecule has 0 aromatic heterocycles. The molecule has 1 aromatic carbocycles. The van der Waals surface area contributed by atoms with Crippen molar-refractivity contribution < 1.29 is 22.7 Å². The summed E-state index contributed by atoms with van der Waals surface area (Å²) in [5.74, 6) is 0.597. The number of thioether (sulfide) groups is 1. The topological polar surface area (TPSA) is 52.3 Å². The number of ether oxygens (including phenoxy) is 1. The maximum Gasteiger partial charge on any atom is 0.573 e. The lowest BCUT2D eigenvalue weighted by Gasteiger charge is -2.09. The van der Waals surface area contributed by atoms with Crippen LogP contribution < -0.4 is 10.5 Å². The molecule has 18 heavy (non-hydrogen) atoms. The van der Waals surface area contributed by atoms with Crippen LogP contribution in [0, 0.1) is 0 Å². The van der Waals surface area contributed by atoms with Crippen molar-refractivity contribution in [2.75, 3.05) is 5.75 Å². The lowest BCUT2D eigenvalue weighted by atomic mass is 10.2. The van der Waals surface area contributed by atoms with Crippen molar-refractivity contribution in [3.05, 3.63) is 29.8 Å². The first-order chi connectivity index (χ1) is 8.37. The molecule has 0 saturated heterocycles. The fraction of sp³-hybridized carbons (Fsp3) is 0.364. The van der Waals surface area contributed by atoms with Gasteiger partial charge in [0, 0.05) is 17.9 Å². The van der Waals surface area contributed by atoms with Gasteiger partial charge in [0.1, 0.15) is 5.75 Å². The second-order valence-electron chi connectivity index (χ2n) is 3.46. The molecule has 1 rings (SSSR count). The zero-order valence-electron chi connectivity index (χ0n) is 9.37. The van der Waals surface area contributed by atoms with Gasteiger partial charge in [-0.25, -0.2) is 0 Å². The summed E-state index contributed by atoms with van der Waals surface area (Å²) in [5.41, 5.74) is 5.84. The van der Waals surface area contributed by atoms with E-state index in [9.17, 15) is 18.0 Å². The van der Waals surface area contributed by atoms with Gasteiger partial charge in [-0.3, -0.25) is 4.79 Å². The lowest BCUT2D eigenvalue weighted by Crippen LogP contribution is -2.17. The zero-order valence-corrected chi connectivity index (χ0v) is 10.2. The molecular formula is C11H12F3NO2S. The van der Waals surface area contributed by atoms with Gasteiger partial charge in [-0.2, -0.15) is 11.8 Å². The highest BCUT2D eigenvalue weighted by molar-refractivity contribution is 7.98. The van der Waals surface area contributed by atoms with Crippen molar-refractivity contribution in [3.8, 4) is 5.75 Å². The molecule has 100 valence electrons. The highest BCUT2D eigenvalue weighted by Gasteiger charge is 2.30. The molecule has 1 amide bonds. The zero-order chi connectivity index (χ0) is 13.6. The van der Waals surface area contributed by atoms with Gasteiger partial charge in [0.15, 0.2) is 0 Å². The molecule has 0 spiro atoms. The third kappa shape index (κ3) is 6.39. The average molecular weight is 279 g/mol. The molecule has 0 aliphatic heterocycles. The van der Waals surface area contributed by atoms with E-state index in [1.807, 2.05) is 0 Å². The summed E-state index contributed by atoms with van der Waals surface area (Å²) < 4.78 is 39.4. The summed E-state index contributed by atoms with van der Waals surface area (Å²) in [7, 11) is 0. The van der Waals surface area contributed by atoms with E-state index in [1.165, 1.54) is 23.9 Å². The molecule has 0 saturated carbocycles. The Morgan fingerprint density at radius 2 is 1.89 bits per heavy atom. The number of hydrogen-bond donors (Lipinski definition) is 1. The van der Waals surface area contributed by atoms with E-state index in [1.54, 1.807) is 12.1 Å². The molecular weight excluding hydrogens is 267 g/mol. The number of amides is 1. The first-order valence-corrected chi connectivity index (χ1v) is 6.23. The number of rotatable bonds is 6. The molecule has 3 nitrogen and oxygen atoms in total. The van der Waals surface area contributed by atoms with Gasteiger partial charge < -0.3 is 10.5 Å². The Kier molecular flexibility index (Phi) is 5.33. The third-order valence-electron chi connectivity index (χ3n) is 1.92. The van der Waals surface area contributed by atoms with Gasteiger partial charge in [-0.15, -0.1) is 13.2 Å². The minimum atomic E-state index is -4.67. The Morgan fingerprint density at radius 3 is 2.39 bits per heavy atom. The fourth-order valence-electron chi connectivity index (χ4n) is 1.15. The number of alkyl halides is 3. The highest BCUT2D eigenvalue weighted by Crippen LogP contribution is 2.23. The number of primary amides is 1. The standard InChI is InChI=1S/C11H12F3NO2S/c12-11(13,14)17-9-3-1-8(2-4-9)7-18-6-5-10(15)16/h1-4H,5-7H2,(H2,15,16). The van der Waals surface area contributed by atoms with Crippen LogP contribution >= 0.6 is 11.8 Å². The normalized spacial score (nSPS) is 11.3. The Balaban J connectivity index is 2.38. The van der Waals surface area contributed by atoms with Crippen LogP contribution in [0.4, 0.5) is 13.2 Å². The lowest BCUT2D eigenvalue weighted by molar-refractivity contribution is -0.274. The Hall–Kier alpha value is -1.37. The molecule has 2 N–H and O–H groups in total. The SMILES string of the molecule is NC(=O)CCSCc1ccc(OC(F)(F)F)cc1. The predicted molar refractivity (Wildman–Crippen MR) is 63.1 cm³/mol. The Labute approximate surface area is 106 Å². The minimum absolute atomic E-state index is 0.242. The van der Waals surface area contributed by atoms with Gasteiger partial charge in [0.05, 0.1) is 0 Å². The van der Waals surface area contributed by atoms with Crippen LogP contribution in [0.3, 0.4) is 0 Å². The molecule has 7 heteroatoms. The summed E-state index contributed by atoms with van der Waals surface area (Å²) >= 11 is 1.49.